The molecule has 0 saturated heterocycles. The Balaban J connectivity index is 2.34. The molecule has 0 fully saturated rings. The van der Waals surface area contributed by atoms with E-state index in [9.17, 15) is 9.59 Å². The first-order valence-corrected chi connectivity index (χ1v) is 7.27. The van der Waals surface area contributed by atoms with Gasteiger partial charge in [-0.1, -0.05) is 33.3 Å². The monoisotopic (exact) mass is 354 g/mol. The fourth-order valence-corrected chi connectivity index (χ4v) is 2.80. The van der Waals surface area contributed by atoms with Gasteiger partial charge in [-0.15, -0.1) is 0 Å². The molecule has 0 radical (unpaired) electrons. The third-order valence-corrected chi connectivity index (χ3v) is 4.50. The van der Waals surface area contributed by atoms with Gasteiger partial charge in [0.05, 0.1) is 0 Å². The van der Waals surface area contributed by atoms with Crippen LogP contribution < -0.4 is 5.32 Å². The van der Waals surface area contributed by atoms with Gasteiger partial charge in [-0.3, -0.25) is 4.79 Å². The summed E-state index contributed by atoms with van der Waals surface area (Å²) in [4.78, 5) is 26.5. The zero-order chi connectivity index (χ0) is 14.9. The first-order valence-electron chi connectivity index (χ1n) is 5.66. The van der Waals surface area contributed by atoms with Crippen molar-refractivity contribution in [3.05, 3.63) is 38.8 Å². The number of carboxylic acid groups (broad SMARTS) is 1. The molecule has 0 spiro atoms. The van der Waals surface area contributed by atoms with Gasteiger partial charge in [-0.25, -0.2) is 9.78 Å². The van der Waals surface area contributed by atoms with Gasteiger partial charge in [0.1, 0.15) is 4.88 Å². The highest BCUT2D eigenvalue weighted by Gasteiger charge is 2.20. The Morgan fingerprint density at radius 2 is 2.10 bits per heavy atom. The van der Waals surface area contributed by atoms with Crippen molar-refractivity contribution in [2.45, 2.75) is 13.8 Å². The topological polar surface area (TPSA) is 79.3 Å². The second-order valence-corrected chi connectivity index (χ2v) is 6.00. The van der Waals surface area contributed by atoms with Crippen LogP contribution in [-0.2, 0) is 0 Å². The van der Waals surface area contributed by atoms with Gasteiger partial charge in [0.25, 0.3) is 0 Å². The number of aromatic nitrogens is 1. The maximum atomic E-state index is 11.4. The van der Waals surface area contributed by atoms with Crippen molar-refractivity contribution in [3.63, 3.8) is 0 Å². The highest BCUT2D eigenvalue weighted by molar-refractivity contribution is 9.10. The van der Waals surface area contributed by atoms with Crippen molar-refractivity contribution in [1.29, 1.82) is 0 Å². The van der Waals surface area contributed by atoms with Gasteiger partial charge in [0.15, 0.2) is 16.6 Å². The Labute approximate surface area is 127 Å². The van der Waals surface area contributed by atoms with Crippen LogP contribution in [0.3, 0.4) is 0 Å². The van der Waals surface area contributed by atoms with Crippen LogP contribution in [0.2, 0.25) is 0 Å². The first-order chi connectivity index (χ1) is 9.38. The second-order valence-electron chi connectivity index (χ2n) is 4.15. The molecule has 20 heavy (non-hydrogen) atoms. The number of hydrogen-bond donors (Lipinski definition) is 2. The van der Waals surface area contributed by atoms with E-state index < -0.39 is 5.97 Å². The average Bonchev–Trinajstić information content (AvgIpc) is 2.78. The Kier molecular flexibility index (Phi) is 4.20. The van der Waals surface area contributed by atoms with E-state index in [2.05, 4.69) is 26.2 Å². The zero-order valence-corrected chi connectivity index (χ0v) is 13.1. The van der Waals surface area contributed by atoms with Crippen LogP contribution >= 0.6 is 27.3 Å². The fourth-order valence-electron chi connectivity index (χ4n) is 1.55. The van der Waals surface area contributed by atoms with Crippen molar-refractivity contribution in [2.24, 2.45) is 0 Å². The smallest absolute Gasteiger partial charge is 0.356 e. The van der Waals surface area contributed by atoms with E-state index in [1.807, 2.05) is 25.1 Å². The van der Waals surface area contributed by atoms with Gasteiger partial charge >= 0.3 is 5.97 Å². The number of carbonyl (C=O) groups is 2. The maximum absolute atomic E-state index is 11.4. The third-order valence-electron chi connectivity index (χ3n) is 2.57. The van der Waals surface area contributed by atoms with Crippen LogP contribution in [0.4, 0.5) is 10.8 Å². The largest absolute Gasteiger partial charge is 0.476 e. The predicted molar refractivity (Wildman–Crippen MR) is 81.2 cm³/mol. The second kappa shape index (κ2) is 5.72. The lowest BCUT2D eigenvalue weighted by atomic mass is 10.2. The van der Waals surface area contributed by atoms with Crippen molar-refractivity contribution >= 4 is 49.8 Å². The number of thiazole rings is 1. The molecular weight excluding hydrogens is 344 g/mol. The molecule has 1 aromatic carbocycles. The number of Topliss-reactive ketones (excluding diaryl/α,β-unsaturated/α-hetero) is 1. The van der Waals surface area contributed by atoms with E-state index >= 15 is 0 Å². The third kappa shape index (κ3) is 3.05. The van der Waals surface area contributed by atoms with E-state index in [-0.39, 0.29) is 16.4 Å². The molecule has 1 heterocycles. The van der Waals surface area contributed by atoms with E-state index in [0.717, 1.165) is 27.1 Å². The number of nitrogens with one attached hydrogen (secondary N) is 1. The molecule has 0 aliphatic rings. The number of hydrogen-bond acceptors (Lipinski definition) is 5. The molecule has 0 bridgehead atoms. The zero-order valence-electron chi connectivity index (χ0n) is 10.7. The molecule has 7 heteroatoms. The van der Waals surface area contributed by atoms with Gasteiger partial charge in [0, 0.05) is 17.1 Å². The van der Waals surface area contributed by atoms with Crippen LogP contribution in [0.5, 0.6) is 0 Å². The van der Waals surface area contributed by atoms with Crippen molar-refractivity contribution in [2.75, 3.05) is 5.32 Å². The minimum Gasteiger partial charge on any atom is -0.476 e. The number of rotatable bonds is 4. The van der Waals surface area contributed by atoms with Gasteiger partial charge in [-0.05, 0) is 24.6 Å². The molecule has 104 valence electrons. The summed E-state index contributed by atoms with van der Waals surface area (Å²) in [5, 5.41) is 12.4. The lowest BCUT2D eigenvalue weighted by Gasteiger charge is -2.04. The number of aryl methyl sites for hydroxylation is 1. The SMILES string of the molecule is CC(=O)c1sc(Nc2ccc(C)c(Br)c2)nc1C(=O)O. The van der Waals surface area contributed by atoms with Crippen LogP contribution in [0.1, 0.15) is 32.6 Å². The highest BCUT2D eigenvalue weighted by atomic mass is 79.9. The van der Waals surface area contributed by atoms with E-state index in [1.165, 1.54) is 6.92 Å². The standard InChI is InChI=1S/C13H11BrN2O3S/c1-6-3-4-8(5-9(6)14)15-13-16-10(12(18)19)11(20-13)7(2)17/h3-5H,1-2H3,(H,15,16)(H,18,19). The summed E-state index contributed by atoms with van der Waals surface area (Å²) in [6.45, 7) is 3.29. The molecule has 1 aromatic heterocycles. The molecule has 0 amide bonds. The number of carbonyl (C=O) groups excluding carboxylic acids is 1. The Morgan fingerprint density at radius 1 is 1.40 bits per heavy atom. The molecule has 0 saturated carbocycles. The summed E-state index contributed by atoms with van der Waals surface area (Å²) in [5.74, 6) is -1.51. The molecule has 2 rings (SSSR count). The average molecular weight is 355 g/mol. The Hall–Kier alpha value is -1.73. The van der Waals surface area contributed by atoms with Gasteiger partial charge < -0.3 is 10.4 Å². The Bertz CT molecular complexity index is 665. The molecular formula is C13H11BrN2O3S. The van der Waals surface area contributed by atoms with E-state index in [1.54, 1.807) is 0 Å². The predicted octanol–water partition coefficient (Wildman–Crippen LogP) is 3.86. The normalized spacial score (nSPS) is 10.3. The molecule has 2 N–H and O–H groups in total. The fraction of sp³-hybridized carbons (Fsp3) is 0.154. The van der Waals surface area contributed by atoms with E-state index in [4.69, 9.17) is 5.11 Å². The van der Waals surface area contributed by atoms with Crippen LogP contribution in [0, 0.1) is 6.92 Å². The summed E-state index contributed by atoms with van der Waals surface area (Å²) in [7, 11) is 0. The number of halogens is 1. The number of benzene rings is 1. The summed E-state index contributed by atoms with van der Waals surface area (Å²) in [6, 6.07) is 5.64. The summed E-state index contributed by atoms with van der Waals surface area (Å²) in [6.07, 6.45) is 0. The van der Waals surface area contributed by atoms with E-state index in [0.29, 0.717) is 5.13 Å². The molecule has 0 aliphatic carbocycles. The van der Waals surface area contributed by atoms with Crippen LogP contribution in [-0.4, -0.2) is 21.8 Å². The minimum absolute atomic E-state index is 0.145. The van der Waals surface area contributed by atoms with Crippen LogP contribution in [0.25, 0.3) is 0 Å². The minimum atomic E-state index is -1.20. The summed E-state index contributed by atoms with van der Waals surface area (Å²) >= 11 is 4.45. The van der Waals surface area contributed by atoms with Crippen molar-refractivity contribution in [3.8, 4) is 0 Å². The summed E-state index contributed by atoms with van der Waals surface area (Å²) in [5.41, 5.74) is 1.64. The number of nitrogens with zero attached hydrogens (tertiary/aromatic N) is 1. The van der Waals surface area contributed by atoms with Crippen molar-refractivity contribution in [1.82, 2.24) is 4.98 Å². The molecule has 0 unspecified atom stereocenters. The molecule has 0 aliphatic heterocycles. The summed E-state index contributed by atoms with van der Waals surface area (Å²) < 4.78 is 0.935. The number of ketones is 1. The molecule has 0 atom stereocenters. The van der Waals surface area contributed by atoms with Crippen molar-refractivity contribution < 1.29 is 14.7 Å². The highest BCUT2D eigenvalue weighted by Crippen LogP contribution is 2.28. The van der Waals surface area contributed by atoms with Crippen LogP contribution in [0.15, 0.2) is 22.7 Å². The number of carboxylic acids is 1. The quantitative estimate of drug-likeness (QED) is 0.815. The lowest BCUT2D eigenvalue weighted by molar-refractivity contribution is 0.0687. The van der Waals surface area contributed by atoms with Gasteiger partial charge in [0.2, 0.25) is 0 Å². The number of anilines is 2. The lowest BCUT2D eigenvalue weighted by Crippen LogP contribution is -2.03. The van der Waals surface area contributed by atoms with Gasteiger partial charge in [-0.2, -0.15) is 0 Å². The molecule has 2 aromatic rings. The Morgan fingerprint density at radius 3 is 2.60 bits per heavy atom. The first kappa shape index (κ1) is 14.7. The maximum Gasteiger partial charge on any atom is 0.356 e. The number of aromatic carboxylic acids is 1. The molecule has 5 nitrogen and oxygen atoms in total.